The number of amides is 2. The van der Waals surface area contributed by atoms with Crippen LogP contribution in [0.5, 0.6) is 11.5 Å². The van der Waals surface area contributed by atoms with Crippen LogP contribution in [0, 0.1) is 0 Å². The molecule has 0 saturated carbocycles. The number of benzene rings is 4. The number of nitrogens with one attached hydrogen (secondary N) is 2. The minimum absolute atomic E-state index is 0.0467. The number of phenolic OH excluding ortho intramolecular Hbond substituents is 2. The van der Waals surface area contributed by atoms with Crippen molar-refractivity contribution < 1.29 is 29.4 Å². The highest BCUT2D eigenvalue weighted by Gasteiger charge is 2.38. The van der Waals surface area contributed by atoms with Crippen LogP contribution in [-0.4, -0.2) is 33.6 Å². The molecule has 0 saturated heterocycles. The molecule has 1 aliphatic rings. The first-order valence-corrected chi connectivity index (χ1v) is 11.9. The van der Waals surface area contributed by atoms with Crippen LogP contribution in [0.25, 0.3) is 0 Å². The fourth-order valence-electron chi connectivity index (χ4n) is 4.19. The molecule has 4 N–H and O–H groups in total. The molecule has 0 aromatic heterocycles. The Labute approximate surface area is 225 Å². The smallest absolute Gasteiger partial charge is 0.255 e. The number of carbonyl (C=O) groups is 4. The average Bonchev–Trinajstić information content (AvgIpc) is 2.89. The number of hydrogen-bond acceptors (Lipinski definition) is 6. The van der Waals surface area contributed by atoms with E-state index in [1.165, 1.54) is 54.6 Å². The second-order valence-corrected chi connectivity index (χ2v) is 9.22. The topological polar surface area (TPSA) is 133 Å². The molecule has 0 fully saturated rings. The van der Waals surface area contributed by atoms with Gasteiger partial charge in [-0.3, -0.25) is 19.2 Å². The SMILES string of the molecule is O=C(Nc1ccc(O)c2c1C(=O)c1c(O)ccc(NC(=O)c3cccc(Cl)c3)c1C2=O)c1ccc(Cl)cc1. The van der Waals surface area contributed by atoms with E-state index in [1.807, 2.05) is 0 Å². The van der Waals surface area contributed by atoms with Crippen molar-refractivity contribution in [1.82, 2.24) is 0 Å². The Morgan fingerprint density at radius 3 is 1.58 bits per heavy atom. The summed E-state index contributed by atoms with van der Waals surface area (Å²) in [4.78, 5) is 52.9. The van der Waals surface area contributed by atoms with E-state index in [4.69, 9.17) is 23.2 Å². The zero-order valence-electron chi connectivity index (χ0n) is 19.2. The molecule has 0 atom stereocenters. The van der Waals surface area contributed by atoms with Crippen LogP contribution >= 0.6 is 23.2 Å². The third-order valence-electron chi connectivity index (χ3n) is 5.96. The highest BCUT2D eigenvalue weighted by atomic mass is 35.5. The Hall–Kier alpha value is -4.66. The summed E-state index contributed by atoms with van der Waals surface area (Å²) in [7, 11) is 0. The lowest BCUT2D eigenvalue weighted by Gasteiger charge is -2.24. The zero-order valence-corrected chi connectivity index (χ0v) is 20.7. The van der Waals surface area contributed by atoms with Crippen molar-refractivity contribution >= 4 is 58.0 Å². The predicted molar refractivity (Wildman–Crippen MR) is 142 cm³/mol. The number of aromatic hydroxyl groups is 2. The highest BCUT2D eigenvalue weighted by Crippen LogP contribution is 2.42. The summed E-state index contributed by atoms with van der Waals surface area (Å²) in [6.07, 6.45) is 0. The fraction of sp³-hybridized carbons (Fsp3) is 0. The first kappa shape index (κ1) is 25.0. The molecular weight excluding hydrogens is 531 g/mol. The summed E-state index contributed by atoms with van der Waals surface area (Å²) in [6, 6.07) is 17.0. The number of halogens is 2. The zero-order chi connectivity index (χ0) is 27.1. The van der Waals surface area contributed by atoms with Crippen LogP contribution in [0.3, 0.4) is 0 Å². The van der Waals surface area contributed by atoms with Crippen LogP contribution in [0.4, 0.5) is 11.4 Å². The van der Waals surface area contributed by atoms with Gasteiger partial charge in [-0.2, -0.15) is 0 Å². The molecule has 0 radical (unpaired) electrons. The second-order valence-electron chi connectivity index (χ2n) is 8.35. The maximum Gasteiger partial charge on any atom is 0.255 e. The van der Waals surface area contributed by atoms with Crippen molar-refractivity contribution in [3.63, 3.8) is 0 Å². The molecule has 38 heavy (non-hydrogen) atoms. The van der Waals surface area contributed by atoms with E-state index in [-0.39, 0.29) is 44.8 Å². The van der Waals surface area contributed by atoms with Gasteiger partial charge < -0.3 is 20.8 Å². The quantitative estimate of drug-likeness (QED) is 0.214. The molecule has 0 heterocycles. The average molecular weight is 547 g/mol. The Bertz CT molecular complexity index is 1680. The number of hydrogen-bond donors (Lipinski definition) is 4. The molecule has 4 aromatic carbocycles. The van der Waals surface area contributed by atoms with Gasteiger partial charge in [0.25, 0.3) is 11.8 Å². The maximum absolute atomic E-state index is 13.6. The van der Waals surface area contributed by atoms with Crippen LogP contribution < -0.4 is 10.6 Å². The Balaban J connectivity index is 1.57. The van der Waals surface area contributed by atoms with E-state index in [1.54, 1.807) is 12.1 Å². The molecule has 4 aromatic rings. The Morgan fingerprint density at radius 2 is 1.08 bits per heavy atom. The fourth-order valence-corrected chi connectivity index (χ4v) is 4.51. The van der Waals surface area contributed by atoms with Crippen molar-refractivity contribution in [3.05, 3.63) is 116 Å². The number of rotatable bonds is 4. The van der Waals surface area contributed by atoms with Gasteiger partial charge >= 0.3 is 0 Å². The van der Waals surface area contributed by atoms with Crippen molar-refractivity contribution in [2.24, 2.45) is 0 Å². The van der Waals surface area contributed by atoms with Gasteiger partial charge in [0.1, 0.15) is 11.5 Å². The molecule has 8 nitrogen and oxygen atoms in total. The summed E-state index contributed by atoms with van der Waals surface area (Å²) in [6.45, 7) is 0. The van der Waals surface area contributed by atoms with Gasteiger partial charge in [-0.25, -0.2) is 0 Å². The number of ketones is 2. The number of fused-ring (bicyclic) bond motifs is 2. The lowest BCUT2D eigenvalue weighted by molar-refractivity contribution is 0.0973. The van der Waals surface area contributed by atoms with Crippen LogP contribution in [-0.2, 0) is 0 Å². The normalized spacial score (nSPS) is 11.9. The minimum Gasteiger partial charge on any atom is -0.507 e. The second kappa shape index (κ2) is 9.66. The van der Waals surface area contributed by atoms with E-state index in [0.717, 1.165) is 6.07 Å². The van der Waals surface area contributed by atoms with E-state index < -0.39 is 34.9 Å². The molecule has 1 aliphatic carbocycles. The largest absolute Gasteiger partial charge is 0.507 e. The summed E-state index contributed by atoms with van der Waals surface area (Å²) in [5.74, 6) is -3.88. The van der Waals surface area contributed by atoms with Gasteiger partial charge in [0.2, 0.25) is 11.6 Å². The molecule has 2 amide bonds. The summed E-state index contributed by atoms with van der Waals surface area (Å²) in [5, 5.41) is 27.0. The predicted octanol–water partition coefficient (Wildman–Crippen LogP) is 5.68. The molecule has 5 rings (SSSR count). The van der Waals surface area contributed by atoms with Gasteiger partial charge in [0.05, 0.1) is 33.6 Å². The number of phenols is 2. The summed E-state index contributed by atoms with van der Waals surface area (Å²) in [5.41, 5.74) is -1.01. The van der Waals surface area contributed by atoms with Gasteiger partial charge in [-0.15, -0.1) is 0 Å². The van der Waals surface area contributed by atoms with Crippen LogP contribution in [0.15, 0.2) is 72.8 Å². The van der Waals surface area contributed by atoms with Gasteiger partial charge in [0.15, 0.2) is 0 Å². The lowest BCUT2D eigenvalue weighted by Crippen LogP contribution is -2.26. The van der Waals surface area contributed by atoms with Gasteiger partial charge in [-0.1, -0.05) is 29.3 Å². The third-order valence-corrected chi connectivity index (χ3v) is 6.45. The van der Waals surface area contributed by atoms with Crippen molar-refractivity contribution in [1.29, 1.82) is 0 Å². The number of anilines is 2. The van der Waals surface area contributed by atoms with E-state index in [9.17, 15) is 29.4 Å². The summed E-state index contributed by atoms with van der Waals surface area (Å²) >= 11 is 11.8. The first-order chi connectivity index (χ1) is 18.2. The molecule has 10 heteroatoms. The van der Waals surface area contributed by atoms with Gasteiger partial charge in [-0.05, 0) is 66.7 Å². The van der Waals surface area contributed by atoms with E-state index in [0.29, 0.717) is 10.0 Å². The Kier molecular flexibility index (Phi) is 6.36. The minimum atomic E-state index is -0.827. The molecule has 0 unspecified atom stereocenters. The molecule has 188 valence electrons. The summed E-state index contributed by atoms with van der Waals surface area (Å²) < 4.78 is 0. The molecule has 0 bridgehead atoms. The molecular formula is C28H16Cl2N2O6. The molecule has 0 aliphatic heterocycles. The van der Waals surface area contributed by atoms with E-state index in [2.05, 4.69) is 10.6 Å². The number of carbonyl (C=O) groups excluding carboxylic acids is 4. The van der Waals surface area contributed by atoms with Crippen LogP contribution in [0.2, 0.25) is 10.0 Å². The standard InChI is InChI=1S/C28H16Cl2N2O6/c29-15-6-4-13(5-7-15)27(37)31-17-8-10-19(33)23-21(17)25(35)24-20(34)11-9-18(22(24)26(23)36)32-28(38)14-2-1-3-16(30)12-14/h1-12,33-34H,(H,31,37)(H,32,38). The first-order valence-electron chi connectivity index (χ1n) is 11.1. The highest BCUT2D eigenvalue weighted by molar-refractivity contribution is 6.35. The van der Waals surface area contributed by atoms with Crippen molar-refractivity contribution in [2.45, 2.75) is 0 Å². The molecule has 0 spiro atoms. The Morgan fingerprint density at radius 1 is 0.579 bits per heavy atom. The van der Waals surface area contributed by atoms with E-state index >= 15 is 0 Å². The van der Waals surface area contributed by atoms with Crippen LogP contribution in [0.1, 0.15) is 52.6 Å². The van der Waals surface area contributed by atoms with Crippen molar-refractivity contribution in [2.75, 3.05) is 10.6 Å². The monoisotopic (exact) mass is 546 g/mol. The van der Waals surface area contributed by atoms with Gasteiger partial charge in [0, 0.05) is 21.2 Å². The lowest BCUT2D eigenvalue weighted by atomic mass is 9.81. The van der Waals surface area contributed by atoms with Crippen molar-refractivity contribution in [3.8, 4) is 11.5 Å². The third kappa shape index (κ3) is 4.36. The maximum atomic E-state index is 13.6.